The van der Waals surface area contributed by atoms with Gasteiger partial charge in [0.05, 0.1) is 6.20 Å². The summed E-state index contributed by atoms with van der Waals surface area (Å²) < 4.78 is 13.2. The molecule has 70 valence electrons. The van der Waals surface area contributed by atoms with Crippen molar-refractivity contribution in [3.8, 4) is 5.69 Å². The van der Waals surface area contributed by atoms with Crippen LogP contribution in [0.1, 0.15) is 10.5 Å². The molecule has 0 spiro atoms. The van der Waals surface area contributed by atoms with Gasteiger partial charge >= 0.3 is 0 Å². The summed E-state index contributed by atoms with van der Waals surface area (Å²) in [5.41, 5.74) is 0.397. The molecule has 0 saturated carbocycles. The third kappa shape index (κ3) is 1.39. The van der Waals surface area contributed by atoms with Crippen LogP contribution < -0.4 is 0 Å². The number of halogens is 1. The number of carbonyl (C=O) groups excluding carboxylic acids is 1. The maximum atomic E-state index is 13.2. The van der Waals surface area contributed by atoms with E-state index in [1.54, 1.807) is 12.1 Å². The van der Waals surface area contributed by atoms with E-state index in [4.69, 9.17) is 0 Å². The minimum atomic E-state index is -0.430. The Balaban J connectivity index is 2.49. The molecule has 0 aliphatic heterocycles. The summed E-state index contributed by atoms with van der Waals surface area (Å²) in [4.78, 5) is 11.4. The summed E-state index contributed by atoms with van der Waals surface area (Å²) in [6, 6.07) is 6.08. The van der Waals surface area contributed by atoms with Gasteiger partial charge in [-0.2, -0.15) is 5.10 Å². The quantitative estimate of drug-likeness (QED) is 0.670. The van der Waals surface area contributed by atoms with Crippen LogP contribution in [-0.4, -0.2) is 21.3 Å². The summed E-state index contributed by atoms with van der Waals surface area (Å²) in [7, 11) is 0. The minimum absolute atomic E-state index is 0.174. The van der Waals surface area contributed by atoms with E-state index in [2.05, 4.69) is 10.2 Å². The maximum Gasteiger partial charge on any atom is 0.171 e. The second-order valence-corrected chi connectivity index (χ2v) is 2.63. The normalized spacial score (nSPS) is 10.1. The van der Waals surface area contributed by atoms with Crippen LogP contribution in [0.2, 0.25) is 0 Å². The molecule has 1 aromatic heterocycles. The number of carbonyl (C=O) groups is 1. The second-order valence-electron chi connectivity index (χ2n) is 2.63. The second kappa shape index (κ2) is 3.37. The van der Waals surface area contributed by atoms with Gasteiger partial charge in [-0.15, -0.1) is 9.90 Å². The molecule has 14 heavy (non-hydrogen) atoms. The van der Waals surface area contributed by atoms with Gasteiger partial charge in [-0.25, -0.2) is 4.39 Å². The average molecular weight is 191 g/mol. The molecule has 4 nitrogen and oxygen atoms in total. The lowest BCUT2D eigenvalue weighted by molar-refractivity contribution is 0.111. The number of aromatic nitrogens is 3. The van der Waals surface area contributed by atoms with E-state index < -0.39 is 5.82 Å². The highest BCUT2D eigenvalue weighted by molar-refractivity contribution is 5.70. The van der Waals surface area contributed by atoms with Crippen LogP contribution in [0, 0.1) is 5.82 Å². The Morgan fingerprint density at radius 3 is 2.79 bits per heavy atom. The monoisotopic (exact) mass is 191 g/mol. The first-order chi connectivity index (χ1) is 6.81. The molecular weight excluding hydrogens is 185 g/mol. The fraction of sp³-hybridized carbons (Fsp3) is 0. The lowest BCUT2D eigenvalue weighted by Gasteiger charge is -1.99. The third-order valence-electron chi connectivity index (χ3n) is 1.70. The molecule has 0 radical (unpaired) electrons. The molecule has 5 heteroatoms. The van der Waals surface area contributed by atoms with Crippen molar-refractivity contribution in [1.29, 1.82) is 0 Å². The zero-order valence-electron chi connectivity index (χ0n) is 7.09. The number of para-hydroxylation sites is 1. The van der Waals surface area contributed by atoms with Crippen LogP contribution in [0.5, 0.6) is 0 Å². The highest BCUT2D eigenvalue weighted by Gasteiger charge is 2.05. The van der Waals surface area contributed by atoms with Gasteiger partial charge in [-0.05, 0) is 12.1 Å². The first-order valence-corrected chi connectivity index (χ1v) is 3.93. The molecule has 0 aliphatic carbocycles. The van der Waals surface area contributed by atoms with Crippen molar-refractivity contribution in [2.45, 2.75) is 0 Å². The van der Waals surface area contributed by atoms with Crippen molar-refractivity contribution in [1.82, 2.24) is 15.0 Å². The first-order valence-electron chi connectivity index (χ1n) is 3.93. The lowest BCUT2D eigenvalue weighted by atomic mass is 10.3. The summed E-state index contributed by atoms with van der Waals surface area (Å²) in [6.45, 7) is 0. The van der Waals surface area contributed by atoms with Crippen molar-refractivity contribution in [2.75, 3.05) is 0 Å². The van der Waals surface area contributed by atoms with Crippen LogP contribution in [0.15, 0.2) is 30.5 Å². The fourth-order valence-electron chi connectivity index (χ4n) is 1.06. The molecule has 2 rings (SSSR count). The van der Waals surface area contributed by atoms with Crippen molar-refractivity contribution >= 4 is 6.29 Å². The highest BCUT2D eigenvalue weighted by atomic mass is 19.1. The molecule has 1 heterocycles. The number of hydrogen-bond acceptors (Lipinski definition) is 3. The van der Waals surface area contributed by atoms with Gasteiger partial charge in [0, 0.05) is 0 Å². The van der Waals surface area contributed by atoms with E-state index >= 15 is 0 Å². The summed E-state index contributed by atoms with van der Waals surface area (Å²) >= 11 is 0. The Morgan fingerprint density at radius 1 is 1.36 bits per heavy atom. The van der Waals surface area contributed by atoms with Gasteiger partial charge in [0.15, 0.2) is 12.1 Å². The fourth-order valence-corrected chi connectivity index (χ4v) is 1.06. The molecule has 0 N–H and O–H groups in total. The van der Waals surface area contributed by atoms with Crippen LogP contribution in [0.4, 0.5) is 4.39 Å². The highest BCUT2D eigenvalue weighted by Crippen LogP contribution is 2.09. The van der Waals surface area contributed by atoms with Crippen LogP contribution >= 0.6 is 0 Å². The summed E-state index contributed by atoms with van der Waals surface area (Å²) in [5, 5.41) is 7.51. The molecule has 0 atom stereocenters. The van der Waals surface area contributed by atoms with Gasteiger partial charge in [0.1, 0.15) is 11.4 Å². The van der Waals surface area contributed by atoms with Crippen molar-refractivity contribution in [3.63, 3.8) is 0 Å². The van der Waals surface area contributed by atoms with Crippen LogP contribution in [0.25, 0.3) is 5.69 Å². The number of hydrogen-bond donors (Lipinski definition) is 0. The zero-order chi connectivity index (χ0) is 9.97. The molecule has 0 aliphatic rings. The van der Waals surface area contributed by atoms with E-state index in [0.29, 0.717) is 6.29 Å². The summed E-state index contributed by atoms with van der Waals surface area (Å²) in [6.07, 6.45) is 1.84. The first kappa shape index (κ1) is 8.55. The SMILES string of the molecule is O=Cc1cnn(-c2ccccc2F)n1. The number of aldehydes is 1. The Labute approximate surface area is 79.0 Å². The Morgan fingerprint density at radius 2 is 2.14 bits per heavy atom. The Bertz CT molecular complexity index is 467. The molecule has 0 bridgehead atoms. The van der Waals surface area contributed by atoms with Crippen molar-refractivity contribution in [3.05, 3.63) is 42.0 Å². The third-order valence-corrected chi connectivity index (χ3v) is 1.70. The number of rotatable bonds is 2. The lowest BCUT2D eigenvalue weighted by Crippen LogP contribution is -2.01. The standard InChI is InChI=1S/C9H6FN3O/c10-8-3-1-2-4-9(8)13-11-5-7(6-14)12-13/h1-6H. The van der Waals surface area contributed by atoms with Crippen molar-refractivity contribution in [2.24, 2.45) is 0 Å². The van der Waals surface area contributed by atoms with Gasteiger partial charge in [0.25, 0.3) is 0 Å². The predicted octanol–water partition coefficient (Wildman–Crippen LogP) is 1.22. The largest absolute Gasteiger partial charge is 0.296 e. The molecule has 0 fully saturated rings. The molecular formula is C9H6FN3O. The molecule has 1 aromatic carbocycles. The summed E-state index contributed by atoms with van der Waals surface area (Å²) in [5.74, 6) is -0.430. The van der Waals surface area contributed by atoms with Gasteiger partial charge < -0.3 is 0 Å². The van der Waals surface area contributed by atoms with Crippen molar-refractivity contribution < 1.29 is 9.18 Å². The number of nitrogens with zero attached hydrogens (tertiary/aromatic N) is 3. The zero-order valence-corrected chi connectivity index (χ0v) is 7.09. The Hall–Kier alpha value is -2.04. The van der Waals surface area contributed by atoms with Crippen LogP contribution in [0.3, 0.4) is 0 Å². The molecule has 0 amide bonds. The molecule has 0 unspecified atom stereocenters. The van der Waals surface area contributed by atoms with Gasteiger partial charge in [-0.3, -0.25) is 4.79 Å². The van der Waals surface area contributed by atoms with E-state index in [9.17, 15) is 9.18 Å². The Kier molecular flexibility index (Phi) is 2.06. The van der Waals surface area contributed by atoms with Gasteiger partial charge in [0.2, 0.25) is 0 Å². The predicted molar refractivity (Wildman–Crippen MR) is 46.7 cm³/mol. The van der Waals surface area contributed by atoms with E-state index in [1.807, 2.05) is 0 Å². The van der Waals surface area contributed by atoms with E-state index in [1.165, 1.54) is 18.3 Å². The number of benzene rings is 1. The van der Waals surface area contributed by atoms with E-state index in [-0.39, 0.29) is 11.4 Å². The van der Waals surface area contributed by atoms with Gasteiger partial charge in [-0.1, -0.05) is 12.1 Å². The topological polar surface area (TPSA) is 47.8 Å². The van der Waals surface area contributed by atoms with E-state index in [0.717, 1.165) is 4.80 Å². The minimum Gasteiger partial charge on any atom is -0.296 e. The smallest absolute Gasteiger partial charge is 0.171 e. The molecule has 2 aromatic rings. The average Bonchev–Trinajstić information content (AvgIpc) is 2.67. The van der Waals surface area contributed by atoms with Crippen LogP contribution in [-0.2, 0) is 0 Å². The maximum absolute atomic E-state index is 13.2. The molecule has 0 saturated heterocycles.